The molecule has 2 aromatic carbocycles. The van der Waals surface area contributed by atoms with E-state index in [2.05, 4.69) is 48.6 Å². The molecule has 0 fully saturated rings. The Morgan fingerprint density at radius 3 is 2.67 bits per heavy atom. The number of nitrogens with one attached hydrogen (secondary N) is 1. The highest BCUT2D eigenvalue weighted by Gasteiger charge is 2.24. The van der Waals surface area contributed by atoms with E-state index in [0.29, 0.717) is 18.6 Å². The van der Waals surface area contributed by atoms with Crippen molar-refractivity contribution in [1.29, 1.82) is 0 Å². The van der Waals surface area contributed by atoms with Gasteiger partial charge in [-0.15, -0.1) is 0 Å². The molecule has 0 saturated heterocycles. The number of hydrogen-bond acceptors (Lipinski definition) is 2. The summed E-state index contributed by atoms with van der Waals surface area (Å²) in [5.41, 5.74) is 4.07. The van der Waals surface area contributed by atoms with Gasteiger partial charge in [0.2, 0.25) is 0 Å². The fraction of sp³-hybridized carbons (Fsp3) is 0.368. The summed E-state index contributed by atoms with van der Waals surface area (Å²) in [6.07, 6.45) is 2.41. The molecular formula is C19H23NO. The van der Waals surface area contributed by atoms with Gasteiger partial charge in [0.15, 0.2) is 0 Å². The van der Waals surface area contributed by atoms with E-state index >= 15 is 0 Å². The Labute approximate surface area is 127 Å². The van der Waals surface area contributed by atoms with Crippen molar-refractivity contribution in [3.63, 3.8) is 0 Å². The van der Waals surface area contributed by atoms with Crippen molar-refractivity contribution in [3.05, 3.63) is 59.7 Å². The Hall–Kier alpha value is -1.96. The van der Waals surface area contributed by atoms with Gasteiger partial charge in [-0.25, -0.2) is 0 Å². The summed E-state index contributed by atoms with van der Waals surface area (Å²) in [5.74, 6) is 1.59. The van der Waals surface area contributed by atoms with Crippen molar-refractivity contribution in [1.82, 2.24) is 0 Å². The summed E-state index contributed by atoms with van der Waals surface area (Å²) >= 11 is 0. The van der Waals surface area contributed by atoms with Crippen molar-refractivity contribution in [2.75, 3.05) is 11.9 Å². The second-order valence-corrected chi connectivity index (χ2v) is 5.77. The summed E-state index contributed by atoms with van der Waals surface area (Å²) in [7, 11) is 0. The normalized spacial score (nSPS) is 20.7. The molecule has 0 saturated carbocycles. The third kappa shape index (κ3) is 3.05. The second-order valence-electron chi connectivity index (χ2n) is 5.77. The van der Waals surface area contributed by atoms with Gasteiger partial charge in [-0.05, 0) is 48.9 Å². The van der Waals surface area contributed by atoms with Crippen LogP contribution in [-0.4, -0.2) is 6.61 Å². The molecule has 2 nitrogen and oxygen atoms in total. The van der Waals surface area contributed by atoms with E-state index in [9.17, 15) is 0 Å². The molecule has 0 radical (unpaired) electrons. The minimum Gasteiger partial charge on any atom is -0.494 e. The predicted octanol–water partition coefficient (Wildman–Crippen LogP) is 5.14. The van der Waals surface area contributed by atoms with Gasteiger partial charge in [0.1, 0.15) is 5.75 Å². The van der Waals surface area contributed by atoms with Crippen LogP contribution in [0.25, 0.3) is 0 Å². The molecular weight excluding hydrogens is 258 g/mol. The van der Waals surface area contributed by atoms with Crippen molar-refractivity contribution in [2.45, 2.75) is 38.6 Å². The molecule has 0 spiro atoms. The van der Waals surface area contributed by atoms with Crippen LogP contribution >= 0.6 is 0 Å². The zero-order valence-corrected chi connectivity index (χ0v) is 12.8. The molecule has 2 atom stereocenters. The first kappa shape index (κ1) is 14.0. The number of rotatable bonds is 4. The average molecular weight is 281 g/mol. The topological polar surface area (TPSA) is 21.3 Å². The molecule has 1 aliphatic carbocycles. The van der Waals surface area contributed by atoms with Crippen LogP contribution in [0.3, 0.4) is 0 Å². The third-order valence-corrected chi connectivity index (χ3v) is 4.28. The summed E-state index contributed by atoms with van der Waals surface area (Å²) in [5, 5.41) is 3.68. The molecule has 1 aliphatic rings. The summed E-state index contributed by atoms with van der Waals surface area (Å²) in [6.45, 7) is 5.04. The first-order valence-corrected chi connectivity index (χ1v) is 7.86. The van der Waals surface area contributed by atoms with E-state index in [1.54, 1.807) is 0 Å². The Morgan fingerprint density at radius 2 is 1.86 bits per heavy atom. The molecule has 2 heteroatoms. The Bertz CT molecular complexity index is 608. The Balaban J connectivity index is 1.82. The van der Waals surface area contributed by atoms with Crippen molar-refractivity contribution in [3.8, 4) is 5.75 Å². The molecule has 0 aliphatic heterocycles. The van der Waals surface area contributed by atoms with Gasteiger partial charge in [0.25, 0.3) is 0 Å². The highest BCUT2D eigenvalue weighted by atomic mass is 16.5. The number of benzene rings is 2. The highest BCUT2D eigenvalue weighted by Crippen LogP contribution is 2.38. The van der Waals surface area contributed by atoms with E-state index in [1.165, 1.54) is 24.0 Å². The van der Waals surface area contributed by atoms with Gasteiger partial charge >= 0.3 is 0 Å². The summed E-state index contributed by atoms with van der Waals surface area (Å²) in [6, 6.07) is 17.5. The summed E-state index contributed by atoms with van der Waals surface area (Å²) in [4.78, 5) is 0. The third-order valence-electron chi connectivity index (χ3n) is 4.28. The van der Waals surface area contributed by atoms with Gasteiger partial charge in [-0.1, -0.05) is 37.3 Å². The van der Waals surface area contributed by atoms with Gasteiger partial charge < -0.3 is 10.1 Å². The van der Waals surface area contributed by atoms with Crippen LogP contribution in [-0.2, 0) is 0 Å². The lowest BCUT2D eigenvalue weighted by molar-refractivity contribution is 0.340. The smallest absolute Gasteiger partial charge is 0.121 e. The Kier molecular flexibility index (Phi) is 4.14. The van der Waals surface area contributed by atoms with Crippen LogP contribution in [0.4, 0.5) is 5.69 Å². The maximum atomic E-state index is 5.58. The molecule has 21 heavy (non-hydrogen) atoms. The van der Waals surface area contributed by atoms with Gasteiger partial charge in [-0.3, -0.25) is 0 Å². The van der Waals surface area contributed by atoms with Crippen LogP contribution in [0.5, 0.6) is 5.75 Å². The molecule has 0 heterocycles. The predicted molar refractivity (Wildman–Crippen MR) is 88.1 cm³/mol. The lowest BCUT2D eigenvalue weighted by Crippen LogP contribution is -2.19. The molecule has 3 rings (SSSR count). The lowest BCUT2D eigenvalue weighted by Gasteiger charge is -2.31. The number of anilines is 1. The molecule has 2 unspecified atom stereocenters. The first-order valence-electron chi connectivity index (χ1n) is 7.86. The van der Waals surface area contributed by atoms with Gasteiger partial charge in [0.05, 0.1) is 12.6 Å². The quantitative estimate of drug-likeness (QED) is 0.838. The maximum Gasteiger partial charge on any atom is 0.121 e. The van der Waals surface area contributed by atoms with E-state index in [0.717, 1.165) is 11.4 Å². The number of fused-ring (bicyclic) bond motifs is 1. The van der Waals surface area contributed by atoms with Crippen LogP contribution in [0.2, 0.25) is 0 Å². The standard InChI is InChI=1S/C19H23NO/c1-3-21-16-8-6-7-15(13-16)20-19-12-11-14(2)17-9-4-5-10-18(17)19/h4-10,13-14,19-20H,3,11-12H2,1-2H3. The van der Waals surface area contributed by atoms with Crippen LogP contribution in [0, 0.1) is 0 Å². The van der Waals surface area contributed by atoms with Crippen LogP contribution in [0.15, 0.2) is 48.5 Å². The van der Waals surface area contributed by atoms with Crippen LogP contribution in [0.1, 0.15) is 49.8 Å². The van der Waals surface area contributed by atoms with E-state index in [-0.39, 0.29) is 0 Å². The monoisotopic (exact) mass is 281 g/mol. The van der Waals surface area contributed by atoms with Crippen LogP contribution < -0.4 is 10.1 Å². The largest absolute Gasteiger partial charge is 0.494 e. The van der Waals surface area contributed by atoms with Crippen molar-refractivity contribution >= 4 is 5.69 Å². The highest BCUT2D eigenvalue weighted by molar-refractivity contribution is 5.51. The fourth-order valence-corrected chi connectivity index (χ4v) is 3.20. The molecule has 110 valence electrons. The van der Waals surface area contributed by atoms with Crippen molar-refractivity contribution in [2.24, 2.45) is 0 Å². The van der Waals surface area contributed by atoms with Gasteiger partial charge in [0, 0.05) is 11.8 Å². The second kappa shape index (κ2) is 6.21. The molecule has 1 N–H and O–H groups in total. The maximum absolute atomic E-state index is 5.58. The lowest BCUT2D eigenvalue weighted by atomic mass is 9.81. The number of hydrogen-bond donors (Lipinski definition) is 1. The molecule has 0 amide bonds. The molecule has 0 bridgehead atoms. The SMILES string of the molecule is CCOc1cccc(NC2CCC(C)c3ccccc32)c1. The summed E-state index contributed by atoms with van der Waals surface area (Å²) < 4.78 is 5.58. The van der Waals surface area contributed by atoms with E-state index in [1.807, 2.05) is 19.1 Å². The van der Waals surface area contributed by atoms with Crippen molar-refractivity contribution < 1.29 is 4.74 Å². The van der Waals surface area contributed by atoms with E-state index in [4.69, 9.17) is 4.74 Å². The first-order chi connectivity index (χ1) is 10.3. The van der Waals surface area contributed by atoms with E-state index < -0.39 is 0 Å². The zero-order valence-electron chi connectivity index (χ0n) is 12.8. The minimum atomic E-state index is 0.397. The Morgan fingerprint density at radius 1 is 1.05 bits per heavy atom. The molecule has 0 aromatic heterocycles. The van der Waals surface area contributed by atoms with Gasteiger partial charge in [-0.2, -0.15) is 0 Å². The number of ether oxygens (including phenoxy) is 1. The minimum absolute atomic E-state index is 0.397. The zero-order chi connectivity index (χ0) is 14.7. The fourth-order valence-electron chi connectivity index (χ4n) is 3.20. The molecule has 2 aromatic rings. The average Bonchev–Trinajstić information content (AvgIpc) is 2.51.